The largest absolute Gasteiger partial charge is 0.481 e. The van der Waals surface area contributed by atoms with Gasteiger partial charge in [-0.25, -0.2) is 0 Å². The van der Waals surface area contributed by atoms with E-state index in [1.807, 2.05) is 0 Å². The number of aliphatic carboxylic acids is 2. The third kappa shape index (κ3) is 3.78. The number of hydrogen-bond acceptors (Lipinski definition) is 5. The molecule has 4 fully saturated rings. The van der Waals surface area contributed by atoms with Gasteiger partial charge in [-0.05, 0) is 85.4 Å². The standard InChI is InChI=1S/C27H40O7/c1-14(5-8-22(29)34-4)17-6-7-18-23-19(13-20(25(32)33)27(17,18)3)26(2)10-9-15(24(30)31)11-16(26)12-21(23)28/h14-20,23H,5-13H2,1-4H3,(H,30,31)(H,32,33). The van der Waals surface area contributed by atoms with Crippen molar-refractivity contribution in [2.45, 2.75) is 78.6 Å². The van der Waals surface area contributed by atoms with Crippen LogP contribution in [0.2, 0.25) is 0 Å². The Morgan fingerprint density at radius 2 is 1.76 bits per heavy atom. The summed E-state index contributed by atoms with van der Waals surface area (Å²) in [6.45, 7) is 6.41. The molecule has 7 heteroatoms. The summed E-state index contributed by atoms with van der Waals surface area (Å²) in [4.78, 5) is 49.7. The van der Waals surface area contributed by atoms with Gasteiger partial charge in [-0.1, -0.05) is 20.8 Å². The third-order valence-electron chi connectivity index (χ3n) is 11.1. The quantitative estimate of drug-likeness (QED) is 0.545. The number of rotatable bonds is 6. The average molecular weight is 477 g/mol. The molecule has 4 saturated carbocycles. The van der Waals surface area contributed by atoms with Crippen LogP contribution < -0.4 is 0 Å². The van der Waals surface area contributed by atoms with Crippen molar-refractivity contribution in [1.82, 2.24) is 0 Å². The molecule has 0 bridgehead atoms. The van der Waals surface area contributed by atoms with Crippen molar-refractivity contribution in [1.29, 1.82) is 0 Å². The van der Waals surface area contributed by atoms with E-state index in [2.05, 4.69) is 20.8 Å². The Kier molecular flexibility index (Phi) is 6.62. The third-order valence-corrected chi connectivity index (χ3v) is 11.1. The van der Waals surface area contributed by atoms with Gasteiger partial charge in [-0.3, -0.25) is 19.2 Å². The molecule has 0 heterocycles. The number of carboxylic acids is 2. The molecule has 10 unspecified atom stereocenters. The highest BCUT2D eigenvalue weighted by Gasteiger charge is 2.67. The number of carbonyl (C=O) groups excluding carboxylic acids is 2. The van der Waals surface area contributed by atoms with E-state index in [0.29, 0.717) is 38.5 Å². The number of ketones is 1. The van der Waals surface area contributed by atoms with Gasteiger partial charge in [0.15, 0.2) is 0 Å². The van der Waals surface area contributed by atoms with Crippen molar-refractivity contribution in [3.8, 4) is 0 Å². The van der Waals surface area contributed by atoms with Gasteiger partial charge in [0.2, 0.25) is 0 Å². The molecule has 4 aliphatic carbocycles. The summed E-state index contributed by atoms with van der Waals surface area (Å²) < 4.78 is 4.81. The highest BCUT2D eigenvalue weighted by molar-refractivity contribution is 5.84. The number of methoxy groups -OCH3 is 1. The molecule has 0 saturated heterocycles. The molecule has 0 amide bonds. The van der Waals surface area contributed by atoms with Gasteiger partial charge in [0.25, 0.3) is 0 Å². The minimum absolute atomic E-state index is 0.00297. The molecule has 0 aromatic carbocycles. The Morgan fingerprint density at radius 1 is 1.06 bits per heavy atom. The smallest absolute Gasteiger partial charge is 0.307 e. The summed E-state index contributed by atoms with van der Waals surface area (Å²) in [5, 5.41) is 20.0. The van der Waals surface area contributed by atoms with E-state index in [0.717, 1.165) is 19.3 Å². The SMILES string of the molecule is COC(=O)CCC(C)C1CCC2C3C(=O)CC4CC(C(=O)O)CCC4(C)C3CC(C(=O)O)C12C. The molecule has 0 aliphatic heterocycles. The average Bonchev–Trinajstić information content (AvgIpc) is 3.14. The number of ether oxygens (including phenoxy) is 1. The number of Topliss-reactive ketones (excluding diaryl/α,β-unsaturated/α-hetero) is 1. The monoisotopic (exact) mass is 476 g/mol. The van der Waals surface area contributed by atoms with Crippen molar-refractivity contribution in [3.63, 3.8) is 0 Å². The highest BCUT2D eigenvalue weighted by atomic mass is 16.5. The van der Waals surface area contributed by atoms with Crippen LogP contribution in [-0.2, 0) is 23.9 Å². The lowest BCUT2D eigenvalue weighted by atomic mass is 9.41. The fourth-order valence-corrected chi connectivity index (χ4v) is 9.14. The van der Waals surface area contributed by atoms with Crippen LogP contribution in [0.15, 0.2) is 0 Å². The Hall–Kier alpha value is -1.92. The van der Waals surface area contributed by atoms with Crippen LogP contribution >= 0.6 is 0 Å². The first kappa shape index (κ1) is 25.2. The lowest BCUT2D eigenvalue weighted by molar-refractivity contribution is -0.182. The predicted molar refractivity (Wildman–Crippen MR) is 124 cm³/mol. The van der Waals surface area contributed by atoms with E-state index in [1.54, 1.807) is 0 Å². The van der Waals surface area contributed by atoms with Gasteiger partial charge < -0.3 is 14.9 Å². The zero-order valence-corrected chi connectivity index (χ0v) is 20.9. The minimum atomic E-state index is -0.782. The molecule has 0 aromatic rings. The maximum Gasteiger partial charge on any atom is 0.307 e. The van der Waals surface area contributed by atoms with E-state index >= 15 is 0 Å². The van der Waals surface area contributed by atoms with E-state index in [-0.39, 0.29) is 52.7 Å². The first-order valence-electron chi connectivity index (χ1n) is 13.0. The Bertz CT molecular complexity index is 867. The second-order valence-corrected chi connectivity index (χ2v) is 12.2. The molecule has 0 aromatic heterocycles. The minimum Gasteiger partial charge on any atom is -0.481 e. The van der Waals surface area contributed by atoms with Crippen molar-refractivity contribution in [2.24, 2.45) is 58.2 Å². The van der Waals surface area contributed by atoms with Gasteiger partial charge in [0.1, 0.15) is 5.78 Å². The maximum atomic E-state index is 13.6. The lowest BCUT2D eigenvalue weighted by Crippen LogP contribution is -2.61. The Morgan fingerprint density at radius 3 is 2.38 bits per heavy atom. The van der Waals surface area contributed by atoms with E-state index in [4.69, 9.17) is 4.74 Å². The molecule has 4 aliphatic rings. The number of esters is 1. The van der Waals surface area contributed by atoms with Crippen molar-refractivity contribution < 1.29 is 34.1 Å². The van der Waals surface area contributed by atoms with Gasteiger partial charge >= 0.3 is 17.9 Å². The number of carboxylic acid groups (broad SMARTS) is 2. The van der Waals surface area contributed by atoms with Crippen LogP contribution in [0.1, 0.15) is 78.6 Å². The fraction of sp³-hybridized carbons (Fsp3) is 0.852. The normalized spacial score (nSPS) is 44.4. The molecular weight excluding hydrogens is 436 g/mol. The summed E-state index contributed by atoms with van der Waals surface area (Å²) in [6.07, 6.45) is 5.49. The number of hydrogen-bond donors (Lipinski definition) is 2. The number of carbonyl (C=O) groups is 4. The van der Waals surface area contributed by atoms with Crippen LogP contribution in [0, 0.1) is 58.2 Å². The fourth-order valence-electron chi connectivity index (χ4n) is 9.14. The van der Waals surface area contributed by atoms with Crippen molar-refractivity contribution >= 4 is 23.7 Å². The van der Waals surface area contributed by atoms with Gasteiger partial charge in [-0.15, -0.1) is 0 Å². The molecule has 34 heavy (non-hydrogen) atoms. The van der Waals surface area contributed by atoms with Crippen molar-refractivity contribution in [3.05, 3.63) is 0 Å². The Labute approximate surface area is 202 Å². The number of fused-ring (bicyclic) bond motifs is 5. The van der Waals surface area contributed by atoms with Crippen LogP contribution in [-0.4, -0.2) is 41.0 Å². The topological polar surface area (TPSA) is 118 Å². The molecular formula is C27H40O7. The molecule has 0 radical (unpaired) electrons. The van der Waals surface area contributed by atoms with Crippen LogP contribution in [0.25, 0.3) is 0 Å². The first-order chi connectivity index (χ1) is 15.9. The molecule has 7 nitrogen and oxygen atoms in total. The lowest BCUT2D eigenvalue weighted by Gasteiger charge is -2.61. The zero-order valence-electron chi connectivity index (χ0n) is 20.9. The van der Waals surface area contributed by atoms with Crippen LogP contribution in [0.4, 0.5) is 0 Å². The second kappa shape index (κ2) is 8.94. The summed E-state index contributed by atoms with van der Waals surface area (Å²) >= 11 is 0. The van der Waals surface area contributed by atoms with Crippen LogP contribution in [0.5, 0.6) is 0 Å². The van der Waals surface area contributed by atoms with Gasteiger partial charge in [0.05, 0.1) is 18.9 Å². The predicted octanol–water partition coefficient (Wildman–Crippen LogP) is 4.43. The molecule has 2 N–H and O–H groups in total. The highest BCUT2D eigenvalue weighted by Crippen LogP contribution is 2.69. The van der Waals surface area contributed by atoms with E-state index in [9.17, 15) is 29.4 Å². The maximum absolute atomic E-state index is 13.6. The van der Waals surface area contributed by atoms with Crippen molar-refractivity contribution in [2.75, 3.05) is 7.11 Å². The van der Waals surface area contributed by atoms with Gasteiger partial charge in [0, 0.05) is 18.8 Å². The van der Waals surface area contributed by atoms with E-state index < -0.39 is 29.2 Å². The summed E-state index contributed by atoms with van der Waals surface area (Å²) in [5.74, 6) is -2.31. The van der Waals surface area contributed by atoms with Gasteiger partial charge in [-0.2, -0.15) is 0 Å². The molecule has 190 valence electrons. The second-order valence-electron chi connectivity index (χ2n) is 12.2. The Balaban J connectivity index is 1.65. The summed E-state index contributed by atoms with van der Waals surface area (Å²) in [6, 6.07) is 0. The van der Waals surface area contributed by atoms with E-state index in [1.165, 1.54) is 7.11 Å². The molecule has 0 spiro atoms. The molecule has 10 atom stereocenters. The summed E-state index contributed by atoms with van der Waals surface area (Å²) in [7, 11) is 1.38. The van der Waals surface area contributed by atoms with Crippen LogP contribution in [0.3, 0.4) is 0 Å². The molecule has 4 rings (SSSR count). The zero-order chi connectivity index (χ0) is 25.0. The first-order valence-corrected chi connectivity index (χ1v) is 13.0. The summed E-state index contributed by atoms with van der Waals surface area (Å²) in [5.41, 5.74) is -0.673.